The molecule has 1 aromatic rings. The van der Waals surface area contributed by atoms with Crippen molar-refractivity contribution < 1.29 is 5.11 Å². The fourth-order valence-electron chi connectivity index (χ4n) is 3.77. The van der Waals surface area contributed by atoms with Crippen LogP contribution in [0.4, 0.5) is 0 Å². The number of nitrogens with zero attached hydrogens (tertiary/aromatic N) is 1. The monoisotopic (exact) mass is 318 g/mol. The van der Waals surface area contributed by atoms with Gasteiger partial charge in [0.15, 0.2) is 0 Å². The second-order valence-corrected chi connectivity index (χ2v) is 8.37. The quantitative estimate of drug-likeness (QED) is 0.882. The number of aromatic hydroxyl groups is 1. The van der Waals surface area contributed by atoms with Gasteiger partial charge in [-0.1, -0.05) is 51.3 Å². The number of hydrogen-bond acceptors (Lipinski definition) is 3. The largest absolute Gasteiger partial charge is 0.507 e. The molecule has 1 saturated carbocycles. The normalized spacial score (nSPS) is 22.6. The average molecular weight is 319 g/mol. The molecule has 3 nitrogen and oxygen atoms in total. The number of benzene rings is 1. The molecule has 2 rings (SSSR count). The minimum Gasteiger partial charge on any atom is -0.507 e. The lowest BCUT2D eigenvalue weighted by Gasteiger charge is -2.37. The Morgan fingerprint density at radius 2 is 1.83 bits per heavy atom. The highest BCUT2D eigenvalue weighted by molar-refractivity contribution is 5.46. The molecule has 23 heavy (non-hydrogen) atoms. The van der Waals surface area contributed by atoms with Crippen molar-refractivity contribution in [2.24, 2.45) is 0 Å². The SMILES string of the molecule is Cc1cc(CN[C@H]2CCCC[C@@H]2N(C)C)c(O)c(C(C)(C)C)c1. The molecule has 1 aliphatic carbocycles. The Hall–Kier alpha value is -1.06. The van der Waals surface area contributed by atoms with Gasteiger partial charge in [-0.25, -0.2) is 0 Å². The maximum atomic E-state index is 10.7. The maximum Gasteiger partial charge on any atom is 0.123 e. The van der Waals surface area contributed by atoms with Crippen LogP contribution in [0.25, 0.3) is 0 Å². The second kappa shape index (κ2) is 7.23. The van der Waals surface area contributed by atoms with E-state index in [9.17, 15) is 5.11 Å². The Morgan fingerprint density at radius 1 is 1.17 bits per heavy atom. The smallest absolute Gasteiger partial charge is 0.123 e. The summed E-state index contributed by atoms with van der Waals surface area (Å²) in [4.78, 5) is 2.34. The van der Waals surface area contributed by atoms with Gasteiger partial charge in [-0.3, -0.25) is 0 Å². The van der Waals surface area contributed by atoms with E-state index in [1.54, 1.807) is 0 Å². The lowest BCUT2D eigenvalue weighted by Crippen LogP contribution is -2.48. The molecule has 1 aliphatic rings. The minimum atomic E-state index is -0.0398. The summed E-state index contributed by atoms with van der Waals surface area (Å²) in [6, 6.07) is 5.34. The van der Waals surface area contributed by atoms with Gasteiger partial charge < -0.3 is 15.3 Å². The molecule has 0 saturated heterocycles. The van der Waals surface area contributed by atoms with Crippen molar-refractivity contribution in [3.05, 3.63) is 28.8 Å². The molecule has 2 atom stereocenters. The highest BCUT2D eigenvalue weighted by Gasteiger charge is 2.27. The van der Waals surface area contributed by atoms with Crippen LogP contribution in [0.2, 0.25) is 0 Å². The molecule has 2 N–H and O–H groups in total. The van der Waals surface area contributed by atoms with E-state index in [1.807, 2.05) is 0 Å². The molecule has 0 bridgehead atoms. The summed E-state index contributed by atoms with van der Waals surface area (Å²) in [5, 5.41) is 14.4. The van der Waals surface area contributed by atoms with Crippen LogP contribution in [0.1, 0.15) is 63.1 Å². The Labute approximate surface area is 142 Å². The van der Waals surface area contributed by atoms with Crippen LogP contribution in [0, 0.1) is 6.92 Å². The van der Waals surface area contributed by atoms with Crippen molar-refractivity contribution in [1.29, 1.82) is 0 Å². The molecule has 1 fully saturated rings. The number of phenols is 1. The van der Waals surface area contributed by atoms with Crippen molar-refractivity contribution in [2.45, 2.75) is 77.4 Å². The molecular weight excluding hydrogens is 284 g/mol. The van der Waals surface area contributed by atoms with Crippen molar-refractivity contribution in [3.8, 4) is 5.75 Å². The zero-order chi connectivity index (χ0) is 17.2. The van der Waals surface area contributed by atoms with E-state index in [-0.39, 0.29) is 5.41 Å². The zero-order valence-electron chi connectivity index (χ0n) is 15.7. The number of phenolic OH excluding ortho intramolecular Hbond substituents is 1. The maximum absolute atomic E-state index is 10.7. The van der Waals surface area contributed by atoms with Crippen molar-refractivity contribution in [2.75, 3.05) is 14.1 Å². The first kappa shape index (κ1) is 18.3. The van der Waals surface area contributed by atoms with Gasteiger partial charge in [0.05, 0.1) is 0 Å². The highest BCUT2D eigenvalue weighted by Crippen LogP contribution is 2.34. The molecule has 1 aromatic carbocycles. The van der Waals surface area contributed by atoms with Crippen LogP contribution >= 0.6 is 0 Å². The number of nitrogens with one attached hydrogen (secondary N) is 1. The summed E-state index contributed by atoms with van der Waals surface area (Å²) in [5.74, 6) is 0.466. The fraction of sp³-hybridized carbons (Fsp3) is 0.700. The third kappa shape index (κ3) is 4.48. The molecule has 3 heteroatoms. The average Bonchev–Trinajstić information content (AvgIpc) is 2.46. The first-order chi connectivity index (χ1) is 10.7. The van der Waals surface area contributed by atoms with Gasteiger partial charge >= 0.3 is 0 Å². The third-order valence-corrected chi connectivity index (χ3v) is 5.09. The van der Waals surface area contributed by atoms with Gasteiger partial charge in [0.25, 0.3) is 0 Å². The minimum absolute atomic E-state index is 0.0398. The van der Waals surface area contributed by atoms with E-state index in [0.717, 1.165) is 17.7 Å². The molecule has 0 aliphatic heterocycles. The van der Waals surface area contributed by atoms with Crippen LogP contribution in [0.5, 0.6) is 5.75 Å². The summed E-state index contributed by atoms with van der Waals surface area (Å²) in [5.41, 5.74) is 3.25. The number of rotatable bonds is 4. The molecule has 0 heterocycles. The second-order valence-electron chi connectivity index (χ2n) is 8.37. The van der Waals surface area contributed by atoms with Gasteiger partial charge in [0, 0.05) is 24.2 Å². The number of likely N-dealkylation sites (N-methyl/N-ethyl adjacent to an activating group) is 1. The van der Waals surface area contributed by atoms with Gasteiger partial charge in [0.1, 0.15) is 5.75 Å². The van der Waals surface area contributed by atoms with E-state index in [0.29, 0.717) is 17.8 Å². The van der Waals surface area contributed by atoms with Crippen LogP contribution in [-0.4, -0.2) is 36.2 Å². The standard InChI is InChI=1S/C20H34N2O/c1-14-11-15(19(23)16(12-14)20(2,3)4)13-21-17-9-7-8-10-18(17)22(5)6/h11-12,17-18,21,23H,7-10,13H2,1-6H3/t17-,18-/m0/s1. The van der Waals surface area contributed by atoms with Gasteiger partial charge in [0.2, 0.25) is 0 Å². The Kier molecular flexibility index (Phi) is 5.74. The topological polar surface area (TPSA) is 35.5 Å². The zero-order valence-corrected chi connectivity index (χ0v) is 15.7. The first-order valence-electron chi connectivity index (χ1n) is 8.93. The Bertz CT molecular complexity index is 531. The van der Waals surface area contributed by atoms with Gasteiger partial charge in [-0.05, 0) is 44.8 Å². The van der Waals surface area contributed by atoms with Crippen LogP contribution < -0.4 is 5.32 Å². The van der Waals surface area contributed by atoms with E-state index in [1.165, 1.54) is 31.2 Å². The van der Waals surface area contributed by atoms with Crippen molar-refractivity contribution in [1.82, 2.24) is 10.2 Å². The molecular formula is C20H34N2O. The van der Waals surface area contributed by atoms with E-state index >= 15 is 0 Å². The fourth-order valence-corrected chi connectivity index (χ4v) is 3.77. The van der Waals surface area contributed by atoms with E-state index in [4.69, 9.17) is 0 Å². The molecule has 130 valence electrons. The predicted molar refractivity (Wildman–Crippen MR) is 98.1 cm³/mol. The number of hydrogen-bond donors (Lipinski definition) is 2. The van der Waals surface area contributed by atoms with Gasteiger partial charge in [-0.15, -0.1) is 0 Å². The highest BCUT2D eigenvalue weighted by atomic mass is 16.3. The molecule has 0 spiro atoms. The number of aryl methyl sites for hydroxylation is 1. The summed E-state index contributed by atoms with van der Waals surface area (Å²) in [6.45, 7) is 9.32. The lowest BCUT2D eigenvalue weighted by atomic mass is 9.84. The van der Waals surface area contributed by atoms with Gasteiger partial charge in [-0.2, -0.15) is 0 Å². The first-order valence-corrected chi connectivity index (χ1v) is 8.93. The van der Waals surface area contributed by atoms with Crippen LogP contribution in [-0.2, 0) is 12.0 Å². The summed E-state index contributed by atoms with van der Waals surface area (Å²) in [6.07, 6.45) is 5.11. The van der Waals surface area contributed by atoms with Crippen molar-refractivity contribution >= 4 is 0 Å². The third-order valence-electron chi connectivity index (χ3n) is 5.09. The predicted octanol–water partition coefficient (Wildman–Crippen LogP) is 3.96. The molecule has 0 radical (unpaired) electrons. The molecule has 0 unspecified atom stereocenters. The summed E-state index contributed by atoms with van der Waals surface area (Å²) >= 11 is 0. The van der Waals surface area contributed by atoms with E-state index in [2.05, 4.69) is 64.1 Å². The van der Waals surface area contributed by atoms with Crippen LogP contribution in [0.3, 0.4) is 0 Å². The van der Waals surface area contributed by atoms with Crippen molar-refractivity contribution in [3.63, 3.8) is 0 Å². The Morgan fingerprint density at radius 3 is 2.43 bits per heavy atom. The Balaban J connectivity index is 2.15. The van der Waals surface area contributed by atoms with Crippen LogP contribution in [0.15, 0.2) is 12.1 Å². The summed E-state index contributed by atoms with van der Waals surface area (Å²) < 4.78 is 0. The molecule has 0 aromatic heterocycles. The van der Waals surface area contributed by atoms with E-state index < -0.39 is 0 Å². The lowest BCUT2D eigenvalue weighted by molar-refractivity contribution is 0.175. The molecule has 0 amide bonds. The summed E-state index contributed by atoms with van der Waals surface area (Å²) in [7, 11) is 4.35.